The Bertz CT molecular complexity index is 637. The van der Waals surface area contributed by atoms with Crippen molar-refractivity contribution in [3.05, 3.63) is 59.9 Å². The van der Waals surface area contributed by atoms with Gasteiger partial charge in [0.25, 0.3) is 0 Å². The number of para-hydroxylation sites is 1. The second kappa shape index (κ2) is 6.58. The minimum absolute atomic E-state index is 0.278. The Morgan fingerprint density at radius 2 is 1.82 bits per heavy atom. The Morgan fingerprint density at radius 1 is 1.14 bits per heavy atom. The Labute approximate surface area is 129 Å². The number of carboxylic acids is 1. The van der Waals surface area contributed by atoms with Crippen LogP contribution in [-0.2, 0) is 6.54 Å². The predicted octanol–water partition coefficient (Wildman–Crippen LogP) is -0.650. The number of pyridine rings is 1. The summed E-state index contributed by atoms with van der Waals surface area (Å²) >= 11 is 0. The number of piperazine rings is 1. The number of nitrogens with one attached hydrogen (secondary N) is 1. The van der Waals surface area contributed by atoms with Crippen LogP contribution in [0.1, 0.15) is 15.9 Å². The maximum atomic E-state index is 11.2. The van der Waals surface area contributed by atoms with Crippen molar-refractivity contribution in [1.82, 2.24) is 4.98 Å². The van der Waals surface area contributed by atoms with Crippen molar-refractivity contribution in [3.63, 3.8) is 0 Å². The van der Waals surface area contributed by atoms with Crippen molar-refractivity contribution in [2.45, 2.75) is 6.54 Å². The molecule has 0 amide bonds. The topological polar surface area (TPSA) is 60.7 Å². The molecule has 0 bridgehead atoms. The molecule has 2 heterocycles. The molecule has 0 saturated carbocycles. The minimum Gasteiger partial charge on any atom is -0.545 e. The number of anilines is 1. The zero-order valence-corrected chi connectivity index (χ0v) is 12.4. The maximum Gasteiger partial charge on any atom is 0.103 e. The maximum absolute atomic E-state index is 11.2. The number of aromatic nitrogens is 1. The fourth-order valence-electron chi connectivity index (χ4n) is 2.95. The van der Waals surface area contributed by atoms with Gasteiger partial charge in [0, 0.05) is 29.2 Å². The first-order chi connectivity index (χ1) is 10.7. The van der Waals surface area contributed by atoms with Crippen molar-refractivity contribution >= 4 is 11.7 Å². The third kappa shape index (κ3) is 3.26. The lowest BCUT2D eigenvalue weighted by Gasteiger charge is -2.34. The van der Waals surface area contributed by atoms with Crippen LogP contribution in [0.25, 0.3) is 0 Å². The van der Waals surface area contributed by atoms with E-state index in [-0.39, 0.29) is 5.56 Å². The van der Waals surface area contributed by atoms with Crippen LogP contribution in [0.5, 0.6) is 0 Å². The van der Waals surface area contributed by atoms with Gasteiger partial charge in [0.1, 0.15) is 6.54 Å². The van der Waals surface area contributed by atoms with E-state index in [1.807, 2.05) is 36.7 Å². The molecule has 5 nitrogen and oxygen atoms in total. The quantitative estimate of drug-likeness (QED) is 0.815. The third-order valence-electron chi connectivity index (χ3n) is 4.14. The molecule has 0 unspecified atom stereocenters. The molecule has 1 aromatic heterocycles. The van der Waals surface area contributed by atoms with Crippen molar-refractivity contribution < 1.29 is 14.8 Å². The largest absolute Gasteiger partial charge is 0.545 e. The molecule has 1 aromatic carbocycles. The minimum atomic E-state index is -1.11. The highest BCUT2D eigenvalue weighted by molar-refractivity contribution is 5.93. The van der Waals surface area contributed by atoms with Gasteiger partial charge in [-0.15, -0.1) is 0 Å². The highest BCUT2D eigenvalue weighted by atomic mass is 16.4. The number of carbonyl (C=O) groups excluding carboxylic acids is 1. The smallest absolute Gasteiger partial charge is 0.103 e. The summed E-state index contributed by atoms with van der Waals surface area (Å²) in [6, 6.07) is 11.2. The fourth-order valence-corrected chi connectivity index (χ4v) is 2.95. The summed E-state index contributed by atoms with van der Waals surface area (Å²) in [5.74, 6) is -1.11. The van der Waals surface area contributed by atoms with Crippen LogP contribution >= 0.6 is 0 Å². The summed E-state index contributed by atoms with van der Waals surface area (Å²) in [5, 5.41) is 11.2. The average Bonchev–Trinajstić information content (AvgIpc) is 2.56. The number of aromatic carboxylic acids is 1. The van der Waals surface area contributed by atoms with E-state index in [0.717, 1.165) is 38.4 Å². The molecule has 1 aliphatic rings. The molecule has 1 saturated heterocycles. The monoisotopic (exact) mass is 297 g/mol. The summed E-state index contributed by atoms with van der Waals surface area (Å²) in [7, 11) is 0. The summed E-state index contributed by atoms with van der Waals surface area (Å²) in [6.07, 6.45) is 3.64. The van der Waals surface area contributed by atoms with Gasteiger partial charge < -0.3 is 19.7 Å². The molecule has 5 heteroatoms. The van der Waals surface area contributed by atoms with Crippen molar-refractivity contribution in [2.24, 2.45) is 0 Å². The molecule has 1 aliphatic heterocycles. The van der Waals surface area contributed by atoms with Gasteiger partial charge in [-0.3, -0.25) is 4.98 Å². The van der Waals surface area contributed by atoms with Gasteiger partial charge in [0.05, 0.1) is 32.1 Å². The number of benzene rings is 1. The molecule has 3 rings (SSSR count). The van der Waals surface area contributed by atoms with Crippen LogP contribution in [0.4, 0.5) is 5.69 Å². The number of quaternary nitrogens is 1. The van der Waals surface area contributed by atoms with E-state index >= 15 is 0 Å². The van der Waals surface area contributed by atoms with Gasteiger partial charge in [-0.25, -0.2) is 0 Å². The molecule has 1 fully saturated rings. The number of hydrogen-bond acceptors (Lipinski definition) is 4. The van der Waals surface area contributed by atoms with E-state index < -0.39 is 5.97 Å². The number of carboxylic acid groups (broad SMARTS) is 1. The summed E-state index contributed by atoms with van der Waals surface area (Å²) in [4.78, 5) is 18.9. The highest BCUT2D eigenvalue weighted by Gasteiger charge is 2.21. The van der Waals surface area contributed by atoms with Crippen LogP contribution < -0.4 is 14.9 Å². The normalized spacial score (nSPS) is 15.7. The van der Waals surface area contributed by atoms with Gasteiger partial charge in [0.15, 0.2) is 0 Å². The zero-order valence-electron chi connectivity index (χ0n) is 12.4. The number of hydrogen-bond donors (Lipinski definition) is 1. The van der Waals surface area contributed by atoms with E-state index in [1.165, 1.54) is 10.5 Å². The Morgan fingerprint density at radius 3 is 2.50 bits per heavy atom. The Kier molecular flexibility index (Phi) is 4.34. The average molecular weight is 297 g/mol. The fraction of sp³-hybridized carbons (Fsp3) is 0.294. The Balaban J connectivity index is 1.64. The first kappa shape index (κ1) is 14.5. The second-order valence-electron chi connectivity index (χ2n) is 5.57. The molecule has 114 valence electrons. The molecule has 0 atom stereocenters. The van der Waals surface area contributed by atoms with Gasteiger partial charge in [0.2, 0.25) is 0 Å². The van der Waals surface area contributed by atoms with E-state index in [4.69, 9.17) is 0 Å². The number of nitrogens with zero attached hydrogens (tertiary/aromatic N) is 2. The first-order valence-corrected chi connectivity index (χ1v) is 7.52. The van der Waals surface area contributed by atoms with Crippen LogP contribution in [0.2, 0.25) is 0 Å². The SMILES string of the molecule is O=C([O-])c1ccccc1N1CC[NH+](Cc2ccncc2)CC1. The van der Waals surface area contributed by atoms with E-state index in [1.54, 1.807) is 12.1 Å². The first-order valence-electron chi connectivity index (χ1n) is 7.52. The summed E-state index contributed by atoms with van der Waals surface area (Å²) < 4.78 is 0. The molecular formula is C17H19N3O2. The molecule has 2 aromatic rings. The van der Waals surface area contributed by atoms with E-state index in [9.17, 15) is 9.90 Å². The van der Waals surface area contributed by atoms with E-state index in [2.05, 4.69) is 9.88 Å². The van der Waals surface area contributed by atoms with Gasteiger partial charge >= 0.3 is 0 Å². The van der Waals surface area contributed by atoms with E-state index in [0.29, 0.717) is 0 Å². The number of rotatable bonds is 4. The van der Waals surface area contributed by atoms with Crippen LogP contribution in [0.15, 0.2) is 48.8 Å². The third-order valence-corrected chi connectivity index (χ3v) is 4.14. The molecule has 0 spiro atoms. The van der Waals surface area contributed by atoms with Crippen molar-refractivity contribution in [1.29, 1.82) is 0 Å². The standard InChI is InChI=1S/C17H19N3O2/c21-17(22)15-3-1-2-4-16(15)20-11-9-19(10-12-20)13-14-5-7-18-8-6-14/h1-8H,9-13H2,(H,21,22). The molecule has 0 aliphatic carbocycles. The van der Waals surface area contributed by atoms with Crippen molar-refractivity contribution in [3.8, 4) is 0 Å². The lowest BCUT2D eigenvalue weighted by atomic mass is 10.1. The molecule has 1 N–H and O–H groups in total. The van der Waals surface area contributed by atoms with Gasteiger partial charge in [-0.2, -0.15) is 0 Å². The van der Waals surface area contributed by atoms with Crippen LogP contribution in [0, 0.1) is 0 Å². The molecule has 0 radical (unpaired) electrons. The lowest BCUT2D eigenvalue weighted by molar-refractivity contribution is -0.914. The molecule has 22 heavy (non-hydrogen) atoms. The zero-order chi connectivity index (χ0) is 15.4. The summed E-state index contributed by atoms with van der Waals surface area (Å²) in [6.45, 7) is 4.67. The van der Waals surface area contributed by atoms with Crippen molar-refractivity contribution in [2.75, 3.05) is 31.1 Å². The van der Waals surface area contributed by atoms with Crippen LogP contribution in [-0.4, -0.2) is 37.1 Å². The Hall–Kier alpha value is -2.40. The number of carbonyl (C=O) groups is 1. The second-order valence-corrected chi connectivity index (χ2v) is 5.57. The van der Waals surface area contributed by atoms with Gasteiger partial charge in [-0.05, 0) is 18.2 Å². The van der Waals surface area contributed by atoms with Crippen LogP contribution in [0.3, 0.4) is 0 Å². The molecular weight excluding hydrogens is 278 g/mol. The lowest BCUT2D eigenvalue weighted by Crippen LogP contribution is -3.13. The van der Waals surface area contributed by atoms with Gasteiger partial charge in [-0.1, -0.05) is 18.2 Å². The summed E-state index contributed by atoms with van der Waals surface area (Å²) in [5.41, 5.74) is 2.33. The highest BCUT2D eigenvalue weighted by Crippen LogP contribution is 2.19. The predicted molar refractivity (Wildman–Crippen MR) is 81.6 cm³/mol.